The van der Waals surface area contributed by atoms with Gasteiger partial charge in [-0.05, 0) is 42.9 Å². The Hall–Kier alpha value is -1.22. The minimum Gasteiger partial charge on any atom is -0.508 e. The van der Waals surface area contributed by atoms with E-state index >= 15 is 0 Å². The van der Waals surface area contributed by atoms with E-state index in [0.29, 0.717) is 22.5 Å². The zero-order valence-corrected chi connectivity index (χ0v) is 11.3. The Balaban J connectivity index is 1.98. The summed E-state index contributed by atoms with van der Waals surface area (Å²) in [6.45, 7) is 2.86. The highest BCUT2D eigenvalue weighted by Gasteiger charge is 2.41. The molecule has 0 aromatic heterocycles. The highest BCUT2D eigenvalue weighted by Crippen LogP contribution is 2.48. The van der Waals surface area contributed by atoms with Crippen LogP contribution in [0, 0.1) is 5.41 Å². The maximum absolute atomic E-state index is 12.0. The smallest absolute Gasteiger partial charge is 0.252 e. The molecule has 1 fully saturated rings. The van der Waals surface area contributed by atoms with Crippen LogP contribution in [0.2, 0.25) is 5.02 Å². The fraction of sp³-hybridized carbons (Fsp3) is 0.500. The van der Waals surface area contributed by atoms with Gasteiger partial charge in [-0.15, -0.1) is 0 Å². The number of amides is 1. The van der Waals surface area contributed by atoms with Crippen LogP contribution in [0.25, 0.3) is 0 Å². The summed E-state index contributed by atoms with van der Waals surface area (Å²) in [6.07, 6.45) is 4.67. The van der Waals surface area contributed by atoms with E-state index < -0.39 is 0 Å². The third-order valence-electron chi connectivity index (χ3n) is 3.56. The topological polar surface area (TPSA) is 49.3 Å². The van der Waals surface area contributed by atoms with Crippen LogP contribution in [0.4, 0.5) is 0 Å². The molecule has 0 aliphatic heterocycles. The fourth-order valence-electron chi connectivity index (χ4n) is 2.27. The molecule has 4 heteroatoms. The number of nitrogens with one attached hydrogen (secondary N) is 1. The molecule has 1 aromatic carbocycles. The minimum atomic E-state index is -0.210. The quantitative estimate of drug-likeness (QED) is 0.859. The number of aromatic hydroxyl groups is 1. The summed E-state index contributed by atoms with van der Waals surface area (Å²) in [5.74, 6) is -0.155. The van der Waals surface area contributed by atoms with Crippen LogP contribution in [0.1, 0.15) is 43.0 Å². The number of halogens is 1. The average Bonchev–Trinajstić information content (AvgIpc) is 3.10. The normalized spacial score (nSPS) is 16.3. The molecule has 1 aliphatic carbocycles. The molecule has 0 atom stereocenters. The van der Waals surface area contributed by atoms with E-state index in [0.717, 1.165) is 12.8 Å². The number of carbonyl (C=O) groups excluding carboxylic acids is 1. The van der Waals surface area contributed by atoms with E-state index in [1.807, 2.05) is 0 Å². The van der Waals surface area contributed by atoms with Gasteiger partial charge in [0.25, 0.3) is 5.91 Å². The number of rotatable bonds is 5. The zero-order chi connectivity index (χ0) is 13.2. The van der Waals surface area contributed by atoms with Crippen LogP contribution in [-0.2, 0) is 0 Å². The second-order valence-electron chi connectivity index (χ2n) is 5.10. The van der Waals surface area contributed by atoms with Crippen LogP contribution < -0.4 is 5.32 Å². The Kier molecular flexibility index (Phi) is 3.81. The summed E-state index contributed by atoms with van der Waals surface area (Å²) in [6, 6.07) is 4.40. The van der Waals surface area contributed by atoms with Crippen LogP contribution in [0.3, 0.4) is 0 Å². The van der Waals surface area contributed by atoms with E-state index in [2.05, 4.69) is 12.2 Å². The van der Waals surface area contributed by atoms with Crippen molar-refractivity contribution in [2.24, 2.45) is 5.41 Å². The predicted molar refractivity (Wildman–Crippen MR) is 72.0 cm³/mol. The van der Waals surface area contributed by atoms with Gasteiger partial charge in [0.05, 0.1) is 10.6 Å². The lowest BCUT2D eigenvalue weighted by Gasteiger charge is -2.15. The zero-order valence-electron chi connectivity index (χ0n) is 10.5. The van der Waals surface area contributed by atoms with Crippen LogP contribution >= 0.6 is 11.6 Å². The molecule has 0 bridgehead atoms. The highest BCUT2D eigenvalue weighted by atomic mass is 35.5. The lowest BCUT2D eigenvalue weighted by Crippen LogP contribution is -2.30. The molecule has 0 radical (unpaired) electrons. The van der Waals surface area contributed by atoms with Crippen molar-refractivity contribution in [3.8, 4) is 5.75 Å². The van der Waals surface area contributed by atoms with Crippen molar-refractivity contribution in [2.75, 3.05) is 6.54 Å². The lowest BCUT2D eigenvalue weighted by atomic mass is 10.0. The van der Waals surface area contributed by atoms with Crippen molar-refractivity contribution in [1.82, 2.24) is 5.32 Å². The van der Waals surface area contributed by atoms with Gasteiger partial charge in [-0.2, -0.15) is 0 Å². The van der Waals surface area contributed by atoms with E-state index in [-0.39, 0.29) is 11.7 Å². The molecule has 0 spiro atoms. The third-order valence-corrected chi connectivity index (χ3v) is 3.89. The van der Waals surface area contributed by atoms with Crippen LogP contribution in [-0.4, -0.2) is 17.6 Å². The largest absolute Gasteiger partial charge is 0.508 e. The molecular weight excluding hydrogens is 250 g/mol. The first-order valence-electron chi connectivity index (χ1n) is 6.33. The maximum Gasteiger partial charge on any atom is 0.252 e. The summed E-state index contributed by atoms with van der Waals surface area (Å²) in [5.41, 5.74) is 0.650. The van der Waals surface area contributed by atoms with Gasteiger partial charge in [-0.3, -0.25) is 4.79 Å². The summed E-state index contributed by atoms with van der Waals surface area (Å²) >= 11 is 5.95. The molecule has 1 aromatic rings. The molecule has 2 N–H and O–H groups in total. The average molecular weight is 268 g/mol. The molecule has 1 aliphatic rings. The van der Waals surface area contributed by atoms with Gasteiger partial charge in [0.2, 0.25) is 0 Å². The Bertz CT molecular complexity index is 455. The summed E-state index contributed by atoms with van der Waals surface area (Å²) in [4.78, 5) is 12.0. The lowest BCUT2D eigenvalue weighted by molar-refractivity contribution is 0.0943. The van der Waals surface area contributed by atoms with Crippen molar-refractivity contribution in [2.45, 2.75) is 32.6 Å². The summed E-state index contributed by atoms with van der Waals surface area (Å²) in [5, 5.41) is 12.7. The maximum atomic E-state index is 12.0. The van der Waals surface area contributed by atoms with Gasteiger partial charge < -0.3 is 10.4 Å². The van der Waals surface area contributed by atoms with Crippen molar-refractivity contribution < 1.29 is 9.90 Å². The standard InChI is InChI=1S/C14H18ClNO2/c1-2-5-14(6-7-14)9-16-13(18)11-8-10(17)3-4-12(11)15/h3-4,8,17H,2,5-7,9H2,1H3,(H,16,18). The van der Waals surface area contributed by atoms with Crippen LogP contribution in [0.15, 0.2) is 18.2 Å². The van der Waals surface area contributed by atoms with Gasteiger partial charge in [-0.25, -0.2) is 0 Å². The fourth-order valence-corrected chi connectivity index (χ4v) is 2.48. The Labute approximate surface area is 112 Å². The SMILES string of the molecule is CCCC1(CNC(=O)c2cc(O)ccc2Cl)CC1. The first-order valence-corrected chi connectivity index (χ1v) is 6.71. The van der Waals surface area contributed by atoms with E-state index in [1.54, 1.807) is 0 Å². The number of benzene rings is 1. The van der Waals surface area contributed by atoms with Gasteiger partial charge in [0, 0.05) is 6.54 Å². The predicted octanol–water partition coefficient (Wildman–Crippen LogP) is 3.36. The number of hydrogen-bond acceptors (Lipinski definition) is 2. The number of carbonyl (C=O) groups is 1. The number of phenolic OH excluding ortho intramolecular Hbond substituents is 1. The first kappa shape index (κ1) is 13.2. The molecule has 98 valence electrons. The number of hydrogen-bond donors (Lipinski definition) is 2. The van der Waals surface area contributed by atoms with Crippen molar-refractivity contribution in [1.29, 1.82) is 0 Å². The molecule has 0 unspecified atom stereocenters. The summed E-state index contributed by atoms with van der Waals surface area (Å²) in [7, 11) is 0. The van der Waals surface area contributed by atoms with Gasteiger partial charge >= 0.3 is 0 Å². The molecule has 3 nitrogen and oxygen atoms in total. The molecule has 0 saturated heterocycles. The monoisotopic (exact) mass is 267 g/mol. The summed E-state index contributed by atoms with van der Waals surface area (Å²) < 4.78 is 0. The molecule has 0 heterocycles. The van der Waals surface area contributed by atoms with E-state index in [4.69, 9.17) is 11.6 Å². The molecular formula is C14H18ClNO2. The Morgan fingerprint density at radius 1 is 1.50 bits per heavy atom. The Morgan fingerprint density at radius 2 is 2.22 bits per heavy atom. The molecule has 1 saturated carbocycles. The van der Waals surface area contributed by atoms with Gasteiger partial charge in [0.15, 0.2) is 0 Å². The van der Waals surface area contributed by atoms with E-state index in [1.165, 1.54) is 31.0 Å². The number of phenols is 1. The van der Waals surface area contributed by atoms with Crippen molar-refractivity contribution in [3.05, 3.63) is 28.8 Å². The molecule has 1 amide bonds. The van der Waals surface area contributed by atoms with Crippen molar-refractivity contribution in [3.63, 3.8) is 0 Å². The van der Waals surface area contributed by atoms with E-state index in [9.17, 15) is 9.90 Å². The second-order valence-corrected chi connectivity index (χ2v) is 5.50. The molecule has 2 rings (SSSR count). The van der Waals surface area contributed by atoms with Crippen molar-refractivity contribution >= 4 is 17.5 Å². The first-order chi connectivity index (χ1) is 8.56. The third kappa shape index (κ3) is 2.96. The highest BCUT2D eigenvalue weighted by molar-refractivity contribution is 6.33. The Morgan fingerprint density at radius 3 is 2.83 bits per heavy atom. The van der Waals surface area contributed by atoms with Crippen LogP contribution in [0.5, 0.6) is 5.75 Å². The molecule has 18 heavy (non-hydrogen) atoms. The second kappa shape index (κ2) is 5.19. The van der Waals surface area contributed by atoms with Gasteiger partial charge in [-0.1, -0.05) is 24.9 Å². The minimum absolute atomic E-state index is 0.0549. The van der Waals surface area contributed by atoms with Gasteiger partial charge in [0.1, 0.15) is 5.75 Å².